The van der Waals surface area contributed by atoms with Gasteiger partial charge in [0.05, 0.1) is 6.42 Å². The molecule has 2 amide bonds. The number of hydrogen-bond donors (Lipinski definition) is 1. The van der Waals surface area contributed by atoms with Gasteiger partial charge in [0.2, 0.25) is 11.8 Å². The van der Waals surface area contributed by atoms with Crippen LogP contribution in [-0.4, -0.2) is 29.3 Å². The van der Waals surface area contributed by atoms with E-state index in [1.54, 1.807) is 4.90 Å². The van der Waals surface area contributed by atoms with Crippen LogP contribution in [0.3, 0.4) is 0 Å². The number of nitrogens with zero attached hydrogens (tertiary/aromatic N) is 1. The third kappa shape index (κ3) is 8.25. The summed E-state index contributed by atoms with van der Waals surface area (Å²) in [6, 6.07) is 22.8. The highest BCUT2D eigenvalue weighted by Gasteiger charge is 2.30. The van der Waals surface area contributed by atoms with Crippen molar-refractivity contribution < 1.29 is 9.59 Å². The number of amides is 2. The molecule has 3 aromatic carbocycles. The molecule has 0 saturated carbocycles. The lowest BCUT2D eigenvalue weighted by Gasteiger charge is -2.32. The maximum atomic E-state index is 13.8. The number of carbonyl (C=O) groups is 2. The van der Waals surface area contributed by atoms with Crippen LogP contribution in [0.2, 0.25) is 5.02 Å². The van der Waals surface area contributed by atoms with Gasteiger partial charge >= 0.3 is 0 Å². The predicted molar refractivity (Wildman–Crippen MR) is 143 cm³/mol. The molecule has 1 atom stereocenters. The summed E-state index contributed by atoms with van der Waals surface area (Å²) in [7, 11) is 0. The van der Waals surface area contributed by atoms with Crippen molar-refractivity contribution in [1.82, 2.24) is 10.2 Å². The van der Waals surface area contributed by atoms with E-state index in [9.17, 15) is 9.59 Å². The van der Waals surface area contributed by atoms with Crippen molar-refractivity contribution in [2.75, 3.05) is 6.54 Å². The molecule has 0 aliphatic heterocycles. The fraction of sp³-hybridized carbons (Fsp3) is 0.333. The van der Waals surface area contributed by atoms with Crippen LogP contribution in [-0.2, 0) is 29.0 Å². The van der Waals surface area contributed by atoms with Crippen molar-refractivity contribution in [2.45, 2.75) is 53.1 Å². The fourth-order valence-electron chi connectivity index (χ4n) is 4.21. The molecule has 35 heavy (non-hydrogen) atoms. The van der Waals surface area contributed by atoms with Crippen LogP contribution in [0.4, 0.5) is 0 Å². The van der Waals surface area contributed by atoms with E-state index in [1.807, 2.05) is 80.6 Å². The number of aryl methyl sites for hydroxylation is 2. The topological polar surface area (TPSA) is 49.4 Å². The molecule has 0 aliphatic carbocycles. The number of carbonyl (C=O) groups excluding carboxylic acids is 2. The molecule has 184 valence electrons. The van der Waals surface area contributed by atoms with Gasteiger partial charge in [0.15, 0.2) is 0 Å². The molecule has 0 aliphatic rings. The second kappa shape index (κ2) is 12.6. The van der Waals surface area contributed by atoms with E-state index in [4.69, 9.17) is 11.6 Å². The first-order chi connectivity index (χ1) is 16.7. The van der Waals surface area contributed by atoms with E-state index >= 15 is 0 Å². The van der Waals surface area contributed by atoms with Crippen LogP contribution < -0.4 is 5.32 Å². The van der Waals surface area contributed by atoms with E-state index in [1.165, 1.54) is 0 Å². The quantitative estimate of drug-likeness (QED) is 0.384. The van der Waals surface area contributed by atoms with Gasteiger partial charge in [-0.05, 0) is 48.6 Å². The van der Waals surface area contributed by atoms with Gasteiger partial charge in [-0.3, -0.25) is 9.59 Å². The SMILES string of the molecule is Cc1cc(C)cc(CC(=O)N(Cc2ccc(Cl)cc2)C(Cc2ccccc2)C(=O)NCC(C)C)c1. The molecule has 0 heterocycles. The summed E-state index contributed by atoms with van der Waals surface area (Å²) in [5, 5.41) is 3.70. The Bertz CT molecular complexity index is 1110. The molecular weight excluding hydrogens is 456 g/mol. The predicted octanol–water partition coefficient (Wildman–Crippen LogP) is 5.91. The van der Waals surface area contributed by atoms with Crippen molar-refractivity contribution in [3.05, 3.63) is 106 Å². The minimum Gasteiger partial charge on any atom is -0.354 e. The van der Waals surface area contributed by atoms with Gasteiger partial charge in [-0.25, -0.2) is 0 Å². The Kier molecular flexibility index (Phi) is 9.50. The van der Waals surface area contributed by atoms with Gasteiger partial charge in [0.25, 0.3) is 0 Å². The molecule has 1 unspecified atom stereocenters. The molecule has 0 saturated heterocycles. The van der Waals surface area contributed by atoms with Gasteiger partial charge < -0.3 is 10.2 Å². The molecule has 4 nitrogen and oxygen atoms in total. The smallest absolute Gasteiger partial charge is 0.243 e. The third-order valence-electron chi connectivity index (χ3n) is 5.86. The Morgan fingerprint density at radius 3 is 2.09 bits per heavy atom. The molecule has 0 fully saturated rings. The van der Waals surface area contributed by atoms with E-state index in [0.29, 0.717) is 30.5 Å². The van der Waals surface area contributed by atoms with Crippen LogP contribution in [0.15, 0.2) is 72.8 Å². The molecule has 5 heteroatoms. The van der Waals surface area contributed by atoms with E-state index < -0.39 is 6.04 Å². The maximum Gasteiger partial charge on any atom is 0.243 e. The van der Waals surface area contributed by atoms with Crippen molar-refractivity contribution in [1.29, 1.82) is 0 Å². The lowest BCUT2D eigenvalue weighted by atomic mass is 10.00. The molecule has 3 aromatic rings. The number of rotatable bonds is 10. The summed E-state index contributed by atoms with van der Waals surface area (Å²) in [5.74, 6) is 0.0999. The van der Waals surface area contributed by atoms with Gasteiger partial charge in [-0.2, -0.15) is 0 Å². The summed E-state index contributed by atoms with van der Waals surface area (Å²) in [6.07, 6.45) is 0.676. The Hall–Kier alpha value is -3.11. The highest BCUT2D eigenvalue weighted by Crippen LogP contribution is 2.19. The molecule has 0 spiro atoms. The van der Waals surface area contributed by atoms with Gasteiger partial charge in [-0.1, -0.05) is 97.2 Å². The van der Waals surface area contributed by atoms with Crippen molar-refractivity contribution >= 4 is 23.4 Å². The van der Waals surface area contributed by atoms with Crippen LogP contribution in [0, 0.1) is 19.8 Å². The molecule has 0 aromatic heterocycles. The second-order valence-corrected chi connectivity index (χ2v) is 10.1. The largest absolute Gasteiger partial charge is 0.354 e. The summed E-state index contributed by atoms with van der Waals surface area (Å²) < 4.78 is 0. The summed E-state index contributed by atoms with van der Waals surface area (Å²) >= 11 is 6.09. The van der Waals surface area contributed by atoms with Crippen molar-refractivity contribution in [2.24, 2.45) is 5.92 Å². The first-order valence-electron chi connectivity index (χ1n) is 12.1. The molecule has 0 radical (unpaired) electrons. The van der Waals surface area contributed by atoms with Crippen LogP contribution >= 0.6 is 11.6 Å². The van der Waals surface area contributed by atoms with Gasteiger partial charge in [0, 0.05) is 24.5 Å². The average molecular weight is 491 g/mol. The first kappa shape index (κ1) is 26.5. The van der Waals surface area contributed by atoms with Gasteiger partial charge in [-0.15, -0.1) is 0 Å². The third-order valence-corrected chi connectivity index (χ3v) is 6.11. The number of halogens is 1. The number of hydrogen-bond acceptors (Lipinski definition) is 2. The highest BCUT2D eigenvalue weighted by atomic mass is 35.5. The molecule has 1 N–H and O–H groups in total. The highest BCUT2D eigenvalue weighted by molar-refractivity contribution is 6.30. The molecular formula is C30H35ClN2O2. The molecule has 3 rings (SSSR count). The van der Waals surface area contributed by atoms with Crippen molar-refractivity contribution in [3.63, 3.8) is 0 Å². The normalized spacial score (nSPS) is 11.8. The lowest BCUT2D eigenvalue weighted by molar-refractivity contribution is -0.140. The summed E-state index contributed by atoms with van der Waals surface area (Å²) in [6.45, 7) is 9.07. The Balaban J connectivity index is 1.96. The van der Waals surface area contributed by atoms with Crippen LogP contribution in [0.5, 0.6) is 0 Å². The average Bonchev–Trinajstić information content (AvgIpc) is 2.81. The minimum absolute atomic E-state index is 0.0782. The zero-order valence-electron chi connectivity index (χ0n) is 21.1. The standard InChI is InChI=1S/C30H35ClN2O2/c1-21(2)19-32-30(35)28(17-24-8-6-5-7-9-24)33(20-25-10-12-27(31)13-11-25)29(34)18-26-15-22(3)14-23(4)16-26/h5-16,21,28H,17-20H2,1-4H3,(H,32,35). The van der Waals surface area contributed by atoms with Gasteiger partial charge in [0.1, 0.15) is 6.04 Å². The Morgan fingerprint density at radius 2 is 1.49 bits per heavy atom. The van der Waals surface area contributed by atoms with Crippen molar-refractivity contribution in [3.8, 4) is 0 Å². The Morgan fingerprint density at radius 1 is 0.857 bits per heavy atom. The lowest BCUT2D eigenvalue weighted by Crippen LogP contribution is -2.51. The summed E-state index contributed by atoms with van der Waals surface area (Å²) in [4.78, 5) is 29.0. The summed E-state index contributed by atoms with van der Waals surface area (Å²) in [5.41, 5.74) is 5.13. The zero-order valence-corrected chi connectivity index (χ0v) is 21.8. The monoisotopic (exact) mass is 490 g/mol. The second-order valence-electron chi connectivity index (χ2n) is 9.67. The maximum absolute atomic E-state index is 13.8. The van der Waals surface area contributed by atoms with Crippen LogP contribution in [0.1, 0.15) is 41.7 Å². The number of benzene rings is 3. The first-order valence-corrected chi connectivity index (χ1v) is 12.5. The zero-order chi connectivity index (χ0) is 25.4. The van der Waals surface area contributed by atoms with Crippen LogP contribution in [0.25, 0.3) is 0 Å². The van der Waals surface area contributed by atoms with E-state index in [2.05, 4.69) is 25.2 Å². The van der Waals surface area contributed by atoms with E-state index in [0.717, 1.165) is 27.8 Å². The number of nitrogens with one attached hydrogen (secondary N) is 1. The van der Waals surface area contributed by atoms with E-state index in [-0.39, 0.29) is 18.2 Å². The fourth-order valence-corrected chi connectivity index (χ4v) is 4.34. The molecule has 0 bridgehead atoms. The minimum atomic E-state index is -0.634. The Labute approximate surface area is 214 Å².